The summed E-state index contributed by atoms with van der Waals surface area (Å²) in [6.45, 7) is 0. The number of hydrogen-bond acceptors (Lipinski definition) is 3. The van der Waals surface area contributed by atoms with E-state index >= 15 is 0 Å². The Hall–Kier alpha value is -1.22. The van der Waals surface area contributed by atoms with Crippen LogP contribution in [-0.4, -0.2) is 12.2 Å². The number of ether oxygens (including phenoxy) is 1. The third-order valence-electron chi connectivity index (χ3n) is 1.09. The minimum absolute atomic E-state index is 0. The molecule has 0 fully saturated rings. The zero-order valence-corrected chi connectivity index (χ0v) is 5.87. The molecule has 56 valence electrons. The molecule has 0 atom stereocenters. The second-order valence-electron chi connectivity index (χ2n) is 1.67. The highest BCUT2D eigenvalue weighted by Gasteiger charge is 1.94. The molecule has 0 aliphatic rings. The summed E-state index contributed by atoms with van der Waals surface area (Å²) >= 11 is 0. The molecule has 3 heteroatoms. The maximum Gasteiger partial charge on any atom is 0.160 e. The highest BCUT2D eigenvalue weighted by Crippen LogP contribution is 2.22. The molecule has 1 aromatic carbocycles. The largest absolute Gasteiger partial charge is 0.504 e. The number of para-hydroxylation sites is 2. The van der Waals surface area contributed by atoms with Gasteiger partial charge in [0.25, 0.3) is 0 Å². The van der Waals surface area contributed by atoms with E-state index in [0.717, 1.165) is 0 Å². The zero-order chi connectivity index (χ0) is 6.69. The molecular weight excluding hydrogens is 130 g/mol. The second-order valence-corrected chi connectivity index (χ2v) is 1.67. The fourth-order valence-corrected chi connectivity index (χ4v) is 0.630. The Labute approximate surface area is 59.8 Å². The van der Waals surface area contributed by atoms with E-state index in [9.17, 15) is 0 Å². The molecule has 1 rings (SSSR count). The highest BCUT2D eigenvalue weighted by atomic mass is 16.5. The lowest BCUT2D eigenvalue weighted by atomic mass is 10.3. The monoisotopic (exact) mass is 141 g/mol. The molecule has 0 saturated carbocycles. The topological polar surface area (TPSA) is 64.5 Å². The summed E-state index contributed by atoms with van der Waals surface area (Å²) in [5.74, 6) is 0.692. The van der Waals surface area contributed by atoms with E-state index in [2.05, 4.69) is 0 Å². The van der Waals surface area contributed by atoms with E-state index in [1.54, 1.807) is 24.3 Å². The summed E-state index contributed by atoms with van der Waals surface area (Å²) in [4.78, 5) is 0. The van der Waals surface area contributed by atoms with Gasteiger partial charge in [0.1, 0.15) is 0 Å². The molecule has 4 N–H and O–H groups in total. The molecule has 0 saturated heterocycles. The summed E-state index contributed by atoms with van der Waals surface area (Å²) in [7, 11) is 1.52. The lowest BCUT2D eigenvalue weighted by Crippen LogP contribution is -1.80. The van der Waals surface area contributed by atoms with Crippen molar-refractivity contribution >= 4 is 0 Å². The SMILES string of the molecule is COc1ccccc1O.N. The Morgan fingerprint density at radius 2 is 1.90 bits per heavy atom. The van der Waals surface area contributed by atoms with Crippen LogP contribution < -0.4 is 10.9 Å². The van der Waals surface area contributed by atoms with Crippen molar-refractivity contribution in [2.24, 2.45) is 0 Å². The third-order valence-corrected chi connectivity index (χ3v) is 1.09. The van der Waals surface area contributed by atoms with E-state index in [-0.39, 0.29) is 11.9 Å². The Bertz CT molecular complexity index is 201. The molecule has 0 unspecified atom stereocenters. The maximum absolute atomic E-state index is 8.99. The van der Waals surface area contributed by atoms with Gasteiger partial charge in [0.2, 0.25) is 0 Å². The predicted molar refractivity (Wildman–Crippen MR) is 39.7 cm³/mol. The van der Waals surface area contributed by atoms with Crippen LogP contribution in [0.5, 0.6) is 11.5 Å². The summed E-state index contributed by atoms with van der Waals surface area (Å²) in [5, 5.41) is 8.99. The van der Waals surface area contributed by atoms with Gasteiger partial charge in [-0.15, -0.1) is 0 Å². The number of phenols is 1. The molecule has 3 nitrogen and oxygen atoms in total. The van der Waals surface area contributed by atoms with Crippen molar-refractivity contribution in [3.63, 3.8) is 0 Å². The van der Waals surface area contributed by atoms with Crippen LogP contribution >= 0.6 is 0 Å². The number of hydrogen-bond donors (Lipinski definition) is 2. The van der Waals surface area contributed by atoms with Crippen molar-refractivity contribution in [3.8, 4) is 11.5 Å². The first-order valence-electron chi connectivity index (χ1n) is 2.66. The lowest BCUT2D eigenvalue weighted by molar-refractivity contribution is 0.373. The molecule has 0 spiro atoms. The minimum atomic E-state index is 0. The smallest absolute Gasteiger partial charge is 0.160 e. The first-order chi connectivity index (χ1) is 4.34. The number of methoxy groups -OCH3 is 1. The van der Waals surface area contributed by atoms with Crippen LogP contribution in [0.15, 0.2) is 24.3 Å². The fourth-order valence-electron chi connectivity index (χ4n) is 0.630. The normalized spacial score (nSPS) is 8.10. The first-order valence-corrected chi connectivity index (χ1v) is 2.66. The van der Waals surface area contributed by atoms with Crippen LogP contribution in [0.4, 0.5) is 0 Å². The number of aromatic hydroxyl groups is 1. The van der Waals surface area contributed by atoms with E-state index in [1.165, 1.54) is 7.11 Å². The van der Waals surface area contributed by atoms with Crippen molar-refractivity contribution in [2.75, 3.05) is 7.11 Å². The minimum Gasteiger partial charge on any atom is -0.504 e. The number of phenolic OH excluding ortho intramolecular Hbond substituents is 1. The van der Waals surface area contributed by atoms with E-state index in [0.29, 0.717) is 5.75 Å². The van der Waals surface area contributed by atoms with Gasteiger partial charge >= 0.3 is 0 Å². The predicted octanol–water partition coefficient (Wildman–Crippen LogP) is 1.56. The van der Waals surface area contributed by atoms with Gasteiger partial charge in [0, 0.05) is 0 Å². The van der Waals surface area contributed by atoms with Gasteiger partial charge in [-0.25, -0.2) is 0 Å². The van der Waals surface area contributed by atoms with Gasteiger partial charge in [0.05, 0.1) is 7.11 Å². The van der Waals surface area contributed by atoms with E-state index in [1.807, 2.05) is 0 Å². The van der Waals surface area contributed by atoms with Crippen LogP contribution in [0.3, 0.4) is 0 Å². The molecule has 0 aromatic heterocycles. The zero-order valence-electron chi connectivity index (χ0n) is 5.87. The summed E-state index contributed by atoms with van der Waals surface area (Å²) in [6.07, 6.45) is 0. The molecular formula is C7H11NO2. The van der Waals surface area contributed by atoms with Crippen molar-refractivity contribution in [2.45, 2.75) is 0 Å². The van der Waals surface area contributed by atoms with E-state index in [4.69, 9.17) is 9.84 Å². The summed E-state index contributed by atoms with van der Waals surface area (Å²) < 4.78 is 4.79. The summed E-state index contributed by atoms with van der Waals surface area (Å²) in [6, 6.07) is 6.84. The van der Waals surface area contributed by atoms with E-state index < -0.39 is 0 Å². The first kappa shape index (κ1) is 8.78. The molecule has 0 radical (unpaired) electrons. The van der Waals surface area contributed by atoms with Crippen LogP contribution in [0.25, 0.3) is 0 Å². The average Bonchev–Trinajstić information content (AvgIpc) is 1.89. The molecule has 0 bridgehead atoms. The Morgan fingerprint density at radius 3 is 2.30 bits per heavy atom. The van der Waals surface area contributed by atoms with Gasteiger partial charge in [-0.3, -0.25) is 0 Å². The molecule has 0 amide bonds. The average molecular weight is 141 g/mol. The quantitative estimate of drug-likeness (QED) is 0.623. The molecule has 0 heterocycles. The van der Waals surface area contributed by atoms with Gasteiger partial charge in [-0.1, -0.05) is 12.1 Å². The fraction of sp³-hybridized carbons (Fsp3) is 0.143. The second kappa shape index (κ2) is 3.74. The molecule has 0 aliphatic heterocycles. The lowest BCUT2D eigenvalue weighted by Gasteiger charge is -1.99. The van der Waals surface area contributed by atoms with Crippen molar-refractivity contribution in [1.82, 2.24) is 6.15 Å². The molecule has 1 aromatic rings. The van der Waals surface area contributed by atoms with Crippen LogP contribution in [0, 0.1) is 0 Å². The van der Waals surface area contributed by atoms with Crippen LogP contribution in [-0.2, 0) is 0 Å². The number of benzene rings is 1. The van der Waals surface area contributed by atoms with Crippen molar-refractivity contribution in [1.29, 1.82) is 0 Å². The number of rotatable bonds is 1. The molecule has 0 aliphatic carbocycles. The Kier molecular flexibility index (Phi) is 3.28. The van der Waals surface area contributed by atoms with Gasteiger partial charge in [0.15, 0.2) is 11.5 Å². The molecule has 10 heavy (non-hydrogen) atoms. The van der Waals surface area contributed by atoms with Crippen LogP contribution in [0.1, 0.15) is 0 Å². The standard InChI is InChI=1S/C7H8O2.H3N/c1-9-7-5-3-2-4-6(7)8;/h2-5,8H,1H3;1H3. The van der Waals surface area contributed by atoms with Gasteiger partial charge in [-0.05, 0) is 12.1 Å². The maximum atomic E-state index is 8.99. The van der Waals surface area contributed by atoms with Crippen molar-refractivity contribution in [3.05, 3.63) is 24.3 Å². The Morgan fingerprint density at radius 1 is 1.30 bits per heavy atom. The van der Waals surface area contributed by atoms with Crippen molar-refractivity contribution < 1.29 is 9.84 Å². The summed E-state index contributed by atoms with van der Waals surface area (Å²) in [5.41, 5.74) is 0. The van der Waals surface area contributed by atoms with Gasteiger partial charge in [-0.2, -0.15) is 0 Å². The highest BCUT2D eigenvalue weighted by molar-refractivity contribution is 5.37. The van der Waals surface area contributed by atoms with Gasteiger partial charge < -0.3 is 16.0 Å². The Balaban J connectivity index is 0.000000810. The third kappa shape index (κ3) is 1.63. The van der Waals surface area contributed by atoms with Crippen LogP contribution in [0.2, 0.25) is 0 Å².